The Balaban J connectivity index is 2.35. The van der Waals surface area contributed by atoms with Crippen molar-refractivity contribution < 1.29 is 4.79 Å². The average Bonchev–Trinajstić information content (AvgIpc) is 2.39. The molecule has 0 saturated heterocycles. The van der Waals surface area contributed by atoms with Gasteiger partial charge in [-0.2, -0.15) is 0 Å². The summed E-state index contributed by atoms with van der Waals surface area (Å²) in [5.74, 6) is 1.01. The first-order valence-electron chi connectivity index (χ1n) is 6.63. The molecule has 1 amide bonds. The Kier molecular flexibility index (Phi) is 7.59. The molecule has 0 bridgehead atoms. The molecular formula is C13H21BrN4O. The molecule has 0 aromatic carbocycles. The molecule has 1 atom stereocenters. The van der Waals surface area contributed by atoms with Gasteiger partial charge in [0.2, 0.25) is 5.91 Å². The number of rotatable bonds is 8. The molecule has 0 aliphatic heterocycles. The zero-order chi connectivity index (χ0) is 14.1. The van der Waals surface area contributed by atoms with E-state index < -0.39 is 0 Å². The van der Waals surface area contributed by atoms with Crippen LogP contribution in [0.25, 0.3) is 0 Å². The van der Waals surface area contributed by atoms with Crippen molar-refractivity contribution in [1.29, 1.82) is 0 Å². The van der Waals surface area contributed by atoms with Crippen molar-refractivity contribution in [3.63, 3.8) is 0 Å². The minimum absolute atomic E-state index is 0.0188. The quantitative estimate of drug-likeness (QED) is 0.768. The van der Waals surface area contributed by atoms with Gasteiger partial charge in [0.15, 0.2) is 5.82 Å². The van der Waals surface area contributed by atoms with Gasteiger partial charge in [-0.15, -0.1) is 0 Å². The van der Waals surface area contributed by atoms with E-state index in [1.54, 1.807) is 6.20 Å². The van der Waals surface area contributed by atoms with Crippen molar-refractivity contribution in [1.82, 2.24) is 9.97 Å². The van der Waals surface area contributed by atoms with E-state index in [1.807, 2.05) is 0 Å². The van der Waals surface area contributed by atoms with Crippen LogP contribution in [-0.2, 0) is 4.79 Å². The number of nitrogens with zero attached hydrogens (tertiary/aromatic N) is 2. The molecule has 0 saturated carbocycles. The second-order valence-corrected chi connectivity index (χ2v) is 5.36. The highest BCUT2D eigenvalue weighted by Gasteiger charge is 2.10. The number of nitrogens with two attached hydrogens (primary N) is 1. The second kappa shape index (κ2) is 8.98. The number of carbonyl (C=O) groups is 1. The van der Waals surface area contributed by atoms with E-state index in [0.29, 0.717) is 29.3 Å². The Morgan fingerprint density at radius 2 is 2.16 bits per heavy atom. The Morgan fingerprint density at radius 3 is 2.74 bits per heavy atom. The van der Waals surface area contributed by atoms with Crippen LogP contribution < -0.4 is 11.1 Å². The molecule has 0 aliphatic rings. The number of carbonyl (C=O) groups excluding carboxylic acids is 1. The van der Waals surface area contributed by atoms with Gasteiger partial charge in [-0.25, -0.2) is 9.97 Å². The molecule has 0 aliphatic carbocycles. The molecule has 0 radical (unpaired) electrons. The standard InChI is InChI=1S/C13H21BrN4O/c1-2-3-10(6-7-15)4-5-13(19)18-12-9-16-11(14)8-17-12/h8-10H,2-7,15H2,1H3,(H,17,18,19). The van der Waals surface area contributed by atoms with Gasteiger partial charge in [0.05, 0.1) is 12.4 Å². The molecule has 1 rings (SSSR count). The first-order chi connectivity index (χ1) is 9.15. The van der Waals surface area contributed by atoms with E-state index in [9.17, 15) is 4.79 Å². The molecule has 19 heavy (non-hydrogen) atoms. The lowest BCUT2D eigenvalue weighted by atomic mass is 9.94. The minimum atomic E-state index is -0.0188. The molecule has 1 heterocycles. The maximum atomic E-state index is 11.8. The van der Waals surface area contributed by atoms with Gasteiger partial charge in [-0.05, 0) is 41.2 Å². The van der Waals surface area contributed by atoms with Crippen LogP contribution in [-0.4, -0.2) is 22.4 Å². The number of hydrogen-bond donors (Lipinski definition) is 2. The topological polar surface area (TPSA) is 80.9 Å². The zero-order valence-corrected chi connectivity index (χ0v) is 12.8. The molecule has 0 spiro atoms. The van der Waals surface area contributed by atoms with Gasteiger partial charge < -0.3 is 11.1 Å². The van der Waals surface area contributed by atoms with Crippen LogP contribution in [0.1, 0.15) is 39.0 Å². The Hall–Kier alpha value is -1.01. The zero-order valence-electron chi connectivity index (χ0n) is 11.2. The lowest BCUT2D eigenvalue weighted by Gasteiger charge is -2.14. The van der Waals surface area contributed by atoms with Crippen LogP contribution >= 0.6 is 15.9 Å². The third kappa shape index (κ3) is 6.63. The summed E-state index contributed by atoms with van der Waals surface area (Å²) in [7, 11) is 0. The summed E-state index contributed by atoms with van der Waals surface area (Å²) in [6.07, 6.45) is 7.71. The van der Waals surface area contributed by atoms with Gasteiger partial charge in [0.1, 0.15) is 4.60 Å². The molecular weight excluding hydrogens is 308 g/mol. The van der Waals surface area contributed by atoms with E-state index in [-0.39, 0.29) is 5.91 Å². The third-order valence-corrected chi connectivity index (χ3v) is 3.35. The van der Waals surface area contributed by atoms with Crippen LogP contribution in [0, 0.1) is 5.92 Å². The maximum Gasteiger partial charge on any atom is 0.225 e. The highest BCUT2D eigenvalue weighted by molar-refractivity contribution is 9.10. The number of halogens is 1. The lowest BCUT2D eigenvalue weighted by Crippen LogP contribution is -2.16. The number of amides is 1. The summed E-state index contributed by atoms with van der Waals surface area (Å²) in [6.45, 7) is 2.84. The highest BCUT2D eigenvalue weighted by Crippen LogP contribution is 2.17. The van der Waals surface area contributed by atoms with Gasteiger partial charge in [-0.3, -0.25) is 4.79 Å². The van der Waals surface area contributed by atoms with E-state index in [2.05, 4.69) is 38.1 Å². The third-order valence-electron chi connectivity index (χ3n) is 2.94. The Labute approximate surface area is 122 Å². The van der Waals surface area contributed by atoms with Crippen LogP contribution in [0.15, 0.2) is 17.0 Å². The molecule has 106 valence electrons. The Bertz CT molecular complexity index is 377. The molecule has 3 N–H and O–H groups in total. The van der Waals surface area contributed by atoms with Crippen LogP contribution in [0.4, 0.5) is 5.82 Å². The smallest absolute Gasteiger partial charge is 0.225 e. The average molecular weight is 329 g/mol. The largest absolute Gasteiger partial charge is 0.330 e. The van der Waals surface area contributed by atoms with Gasteiger partial charge in [-0.1, -0.05) is 19.8 Å². The van der Waals surface area contributed by atoms with Crippen molar-refractivity contribution in [2.24, 2.45) is 11.7 Å². The summed E-state index contributed by atoms with van der Waals surface area (Å²) in [6, 6.07) is 0. The van der Waals surface area contributed by atoms with E-state index in [1.165, 1.54) is 6.20 Å². The first kappa shape index (κ1) is 16.0. The van der Waals surface area contributed by atoms with Gasteiger partial charge in [0, 0.05) is 6.42 Å². The van der Waals surface area contributed by atoms with Crippen molar-refractivity contribution in [2.75, 3.05) is 11.9 Å². The highest BCUT2D eigenvalue weighted by atomic mass is 79.9. The van der Waals surface area contributed by atoms with Crippen LogP contribution in [0.2, 0.25) is 0 Å². The molecule has 5 nitrogen and oxygen atoms in total. The lowest BCUT2D eigenvalue weighted by molar-refractivity contribution is -0.116. The SMILES string of the molecule is CCCC(CCN)CCC(=O)Nc1cnc(Br)cn1. The monoisotopic (exact) mass is 328 g/mol. The number of aromatic nitrogens is 2. The number of hydrogen-bond acceptors (Lipinski definition) is 4. The Morgan fingerprint density at radius 1 is 1.37 bits per heavy atom. The van der Waals surface area contributed by atoms with Crippen molar-refractivity contribution in [3.8, 4) is 0 Å². The van der Waals surface area contributed by atoms with E-state index in [4.69, 9.17) is 5.73 Å². The maximum absolute atomic E-state index is 11.8. The van der Waals surface area contributed by atoms with Crippen LogP contribution in [0.3, 0.4) is 0 Å². The molecule has 0 fully saturated rings. The predicted octanol–water partition coefficient (Wildman–Crippen LogP) is 2.72. The fraction of sp³-hybridized carbons (Fsp3) is 0.615. The fourth-order valence-corrected chi connectivity index (χ4v) is 2.20. The van der Waals surface area contributed by atoms with E-state index >= 15 is 0 Å². The normalized spacial score (nSPS) is 12.2. The first-order valence-corrected chi connectivity index (χ1v) is 7.42. The summed E-state index contributed by atoms with van der Waals surface area (Å²) in [5, 5.41) is 2.74. The fourth-order valence-electron chi connectivity index (χ4n) is 1.99. The predicted molar refractivity (Wildman–Crippen MR) is 79.7 cm³/mol. The van der Waals surface area contributed by atoms with Crippen molar-refractivity contribution >= 4 is 27.7 Å². The second-order valence-electron chi connectivity index (χ2n) is 4.54. The summed E-state index contributed by atoms with van der Waals surface area (Å²) >= 11 is 3.20. The van der Waals surface area contributed by atoms with Crippen molar-refractivity contribution in [3.05, 3.63) is 17.0 Å². The minimum Gasteiger partial charge on any atom is -0.330 e. The molecule has 1 aromatic heterocycles. The number of nitrogens with one attached hydrogen (secondary N) is 1. The van der Waals surface area contributed by atoms with E-state index in [0.717, 1.165) is 25.7 Å². The summed E-state index contributed by atoms with van der Waals surface area (Å²) in [5.41, 5.74) is 5.58. The van der Waals surface area contributed by atoms with Crippen LogP contribution in [0.5, 0.6) is 0 Å². The summed E-state index contributed by atoms with van der Waals surface area (Å²) < 4.78 is 0.649. The number of anilines is 1. The van der Waals surface area contributed by atoms with Gasteiger partial charge in [0.25, 0.3) is 0 Å². The van der Waals surface area contributed by atoms with Crippen molar-refractivity contribution in [2.45, 2.75) is 39.0 Å². The molecule has 1 aromatic rings. The summed E-state index contributed by atoms with van der Waals surface area (Å²) in [4.78, 5) is 19.9. The molecule has 6 heteroatoms. The molecule has 1 unspecified atom stereocenters. The van der Waals surface area contributed by atoms with Gasteiger partial charge >= 0.3 is 0 Å².